The minimum atomic E-state index is -0.392. The molecule has 1 aromatic rings. The third-order valence-corrected chi connectivity index (χ3v) is 3.03. The van der Waals surface area contributed by atoms with Crippen LogP contribution >= 0.6 is 11.8 Å². The highest BCUT2D eigenvalue weighted by Crippen LogP contribution is 2.25. The number of hydrogen-bond donors (Lipinski definition) is 1. The second-order valence-corrected chi connectivity index (χ2v) is 4.36. The van der Waals surface area contributed by atoms with E-state index in [1.54, 1.807) is 11.6 Å². The SMILES string of the molecule is CCCCn1nc(SC)c(C(=O)OCC)c1N. The number of carbonyl (C=O) groups excluding carboxylic acids is 1. The minimum Gasteiger partial charge on any atom is -0.462 e. The summed E-state index contributed by atoms with van der Waals surface area (Å²) >= 11 is 1.41. The molecule has 0 unspecified atom stereocenters. The fourth-order valence-corrected chi connectivity index (χ4v) is 2.04. The molecule has 1 rings (SSSR count). The van der Waals surface area contributed by atoms with Crippen LogP contribution in [0.5, 0.6) is 0 Å². The van der Waals surface area contributed by atoms with E-state index >= 15 is 0 Å². The van der Waals surface area contributed by atoms with Crippen LogP contribution < -0.4 is 5.73 Å². The number of carbonyl (C=O) groups is 1. The number of anilines is 1. The molecular formula is C11H19N3O2S. The molecule has 0 spiro atoms. The molecule has 6 heteroatoms. The van der Waals surface area contributed by atoms with Gasteiger partial charge in [0, 0.05) is 6.54 Å². The first kappa shape index (κ1) is 13.9. The summed E-state index contributed by atoms with van der Waals surface area (Å²) in [6.45, 7) is 4.94. The van der Waals surface area contributed by atoms with Crippen molar-refractivity contribution in [2.24, 2.45) is 0 Å². The van der Waals surface area contributed by atoms with Crippen molar-refractivity contribution in [3.8, 4) is 0 Å². The summed E-state index contributed by atoms with van der Waals surface area (Å²) in [6, 6.07) is 0. The van der Waals surface area contributed by atoms with Gasteiger partial charge in [-0.1, -0.05) is 13.3 Å². The first-order valence-electron chi connectivity index (χ1n) is 5.73. The maximum atomic E-state index is 11.8. The molecule has 17 heavy (non-hydrogen) atoms. The van der Waals surface area contributed by atoms with Crippen molar-refractivity contribution in [3.05, 3.63) is 5.56 Å². The number of aromatic nitrogens is 2. The Morgan fingerprint density at radius 3 is 2.76 bits per heavy atom. The van der Waals surface area contributed by atoms with Crippen molar-refractivity contribution >= 4 is 23.5 Å². The third-order valence-electron chi connectivity index (χ3n) is 2.36. The fourth-order valence-electron chi connectivity index (χ4n) is 1.47. The summed E-state index contributed by atoms with van der Waals surface area (Å²) in [5.74, 6) is 0.0124. The predicted molar refractivity (Wildman–Crippen MR) is 69.3 cm³/mol. The molecule has 0 aliphatic carbocycles. The molecule has 0 atom stereocenters. The Morgan fingerprint density at radius 1 is 1.53 bits per heavy atom. The minimum absolute atomic E-state index is 0.340. The Bertz CT molecular complexity index is 390. The summed E-state index contributed by atoms with van der Waals surface area (Å²) in [6.07, 6.45) is 3.92. The quantitative estimate of drug-likeness (QED) is 0.624. The zero-order chi connectivity index (χ0) is 12.8. The Morgan fingerprint density at radius 2 is 2.24 bits per heavy atom. The maximum Gasteiger partial charge on any atom is 0.344 e. The zero-order valence-corrected chi connectivity index (χ0v) is 11.3. The Labute approximate surface area is 106 Å². The van der Waals surface area contributed by atoms with Gasteiger partial charge in [-0.25, -0.2) is 9.48 Å². The molecular weight excluding hydrogens is 238 g/mol. The van der Waals surface area contributed by atoms with E-state index < -0.39 is 5.97 Å². The highest BCUT2D eigenvalue weighted by atomic mass is 32.2. The average molecular weight is 257 g/mol. The van der Waals surface area contributed by atoms with Crippen LogP contribution in [0, 0.1) is 0 Å². The average Bonchev–Trinajstić information content (AvgIpc) is 2.63. The van der Waals surface area contributed by atoms with Gasteiger partial charge in [-0.2, -0.15) is 5.10 Å². The van der Waals surface area contributed by atoms with Crippen LogP contribution in [-0.2, 0) is 11.3 Å². The van der Waals surface area contributed by atoms with Crippen molar-refractivity contribution in [1.29, 1.82) is 0 Å². The second-order valence-electron chi connectivity index (χ2n) is 3.57. The van der Waals surface area contributed by atoms with Crippen LogP contribution in [0.4, 0.5) is 5.82 Å². The van der Waals surface area contributed by atoms with E-state index in [9.17, 15) is 4.79 Å². The van der Waals surface area contributed by atoms with Gasteiger partial charge in [0.05, 0.1) is 6.61 Å². The number of hydrogen-bond acceptors (Lipinski definition) is 5. The molecule has 0 saturated carbocycles. The van der Waals surface area contributed by atoms with Crippen LogP contribution in [0.3, 0.4) is 0 Å². The highest BCUT2D eigenvalue weighted by molar-refractivity contribution is 7.98. The first-order chi connectivity index (χ1) is 8.15. The first-order valence-corrected chi connectivity index (χ1v) is 6.95. The van der Waals surface area contributed by atoms with Crippen LogP contribution in [0.15, 0.2) is 5.03 Å². The highest BCUT2D eigenvalue weighted by Gasteiger charge is 2.22. The molecule has 1 aromatic heterocycles. The molecule has 5 nitrogen and oxygen atoms in total. The van der Waals surface area contributed by atoms with Gasteiger partial charge in [0.1, 0.15) is 16.4 Å². The Kier molecular flexibility index (Phi) is 5.34. The standard InChI is InChI=1S/C11H19N3O2S/c1-4-6-7-14-9(12)8(10(13-14)17-3)11(15)16-5-2/h4-7,12H2,1-3H3. The molecule has 0 saturated heterocycles. The maximum absolute atomic E-state index is 11.8. The van der Waals surface area contributed by atoms with E-state index in [0.29, 0.717) is 23.0 Å². The molecule has 0 aliphatic heterocycles. The van der Waals surface area contributed by atoms with Gasteiger partial charge in [0.25, 0.3) is 0 Å². The van der Waals surface area contributed by atoms with E-state index in [1.165, 1.54) is 11.8 Å². The van der Waals surface area contributed by atoms with E-state index in [0.717, 1.165) is 19.4 Å². The fraction of sp³-hybridized carbons (Fsp3) is 0.636. The number of esters is 1. The molecule has 0 radical (unpaired) electrons. The summed E-state index contributed by atoms with van der Waals surface area (Å²) in [4.78, 5) is 11.8. The van der Waals surface area contributed by atoms with Crippen molar-refractivity contribution < 1.29 is 9.53 Å². The van der Waals surface area contributed by atoms with E-state index in [2.05, 4.69) is 12.0 Å². The molecule has 0 amide bonds. The van der Waals surface area contributed by atoms with Crippen LogP contribution in [0.1, 0.15) is 37.0 Å². The number of rotatable bonds is 6. The predicted octanol–water partition coefficient (Wildman–Crippen LogP) is 2.16. The molecule has 96 valence electrons. The lowest BCUT2D eigenvalue weighted by atomic mass is 10.3. The number of ether oxygens (including phenoxy) is 1. The van der Waals surface area contributed by atoms with Gasteiger partial charge in [0.2, 0.25) is 0 Å². The summed E-state index contributed by atoms with van der Waals surface area (Å²) in [5.41, 5.74) is 6.34. The molecule has 1 heterocycles. The van der Waals surface area contributed by atoms with Gasteiger partial charge in [-0.15, -0.1) is 11.8 Å². The number of thioether (sulfide) groups is 1. The Balaban J connectivity index is 3.01. The normalized spacial score (nSPS) is 10.5. The van der Waals surface area contributed by atoms with Crippen LogP contribution in [0.2, 0.25) is 0 Å². The number of aryl methyl sites for hydroxylation is 1. The summed E-state index contributed by atoms with van der Waals surface area (Å²) in [7, 11) is 0. The van der Waals surface area contributed by atoms with Crippen molar-refractivity contribution in [1.82, 2.24) is 9.78 Å². The number of unbranched alkanes of at least 4 members (excludes halogenated alkanes) is 1. The molecule has 0 bridgehead atoms. The van der Waals surface area contributed by atoms with Crippen LogP contribution in [0.25, 0.3) is 0 Å². The molecule has 0 fully saturated rings. The van der Waals surface area contributed by atoms with Gasteiger partial charge < -0.3 is 10.5 Å². The van der Waals surface area contributed by atoms with Crippen molar-refractivity contribution in [2.45, 2.75) is 38.3 Å². The van der Waals surface area contributed by atoms with Gasteiger partial charge in [-0.3, -0.25) is 0 Å². The molecule has 0 aliphatic rings. The molecule has 2 N–H and O–H groups in total. The van der Waals surface area contributed by atoms with Crippen LogP contribution in [-0.4, -0.2) is 28.6 Å². The topological polar surface area (TPSA) is 70.1 Å². The second kappa shape index (κ2) is 6.54. The van der Waals surface area contributed by atoms with Gasteiger partial charge in [0.15, 0.2) is 0 Å². The molecule has 0 aromatic carbocycles. The summed E-state index contributed by atoms with van der Waals surface area (Å²) in [5, 5.41) is 4.96. The Hall–Kier alpha value is -1.17. The van der Waals surface area contributed by atoms with Crippen molar-refractivity contribution in [2.75, 3.05) is 18.6 Å². The number of nitrogens with zero attached hydrogens (tertiary/aromatic N) is 2. The third kappa shape index (κ3) is 3.15. The lowest BCUT2D eigenvalue weighted by molar-refractivity contribution is 0.0523. The number of nitrogen functional groups attached to an aromatic ring is 1. The largest absolute Gasteiger partial charge is 0.462 e. The van der Waals surface area contributed by atoms with Gasteiger partial charge >= 0.3 is 5.97 Å². The smallest absolute Gasteiger partial charge is 0.344 e. The van der Waals surface area contributed by atoms with E-state index in [1.807, 2.05) is 6.26 Å². The summed E-state index contributed by atoms with van der Waals surface area (Å²) < 4.78 is 6.67. The van der Waals surface area contributed by atoms with Gasteiger partial charge in [-0.05, 0) is 19.6 Å². The zero-order valence-electron chi connectivity index (χ0n) is 10.5. The lowest BCUT2D eigenvalue weighted by Gasteiger charge is -2.03. The van der Waals surface area contributed by atoms with E-state index in [4.69, 9.17) is 10.5 Å². The van der Waals surface area contributed by atoms with E-state index in [-0.39, 0.29) is 0 Å². The van der Waals surface area contributed by atoms with Crippen molar-refractivity contribution in [3.63, 3.8) is 0 Å². The lowest BCUT2D eigenvalue weighted by Crippen LogP contribution is -2.10. The number of nitrogens with two attached hydrogens (primary N) is 1. The monoisotopic (exact) mass is 257 g/mol.